The van der Waals surface area contributed by atoms with Gasteiger partial charge in [0.25, 0.3) is 0 Å². The lowest BCUT2D eigenvalue weighted by atomic mass is 10.1. The zero-order valence-electron chi connectivity index (χ0n) is 13.8. The highest BCUT2D eigenvalue weighted by Gasteiger charge is 2.20. The van der Waals surface area contributed by atoms with E-state index < -0.39 is 0 Å². The van der Waals surface area contributed by atoms with Crippen LogP contribution < -0.4 is 9.64 Å². The lowest BCUT2D eigenvalue weighted by Crippen LogP contribution is -2.12. The number of rotatable bonds is 3. The standard InChI is InChI=1S/C14H15NO2.C3H6.CH4O/c1-10-8-15(9-14(10)11(2)16)12-4-6-13(17-3)7-5-12;1-3-2;1-2/h4-7,9H,1,8H2,2-3H3;3H,1H2,2H3;2H,1H3. The number of benzene rings is 1. The molecule has 1 aromatic rings. The maximum atomic E-state index is 11.4. The lowest BCUT2D eigenvalue weighted by molar-refractivity contribution is -0.113. The van der Waals surface area contributed by atoms with Crippen LogP contribution in [0.2, 0.25) is 0 Å². The van der Waals surface area contributed by atoms with E-state index in [4.69, 9.17) is 9.84 Å². The molecule has 1 N–H and O–H groups in total. The lowest BCUT2D eigenvalue weighted by Gasteiger charge is -2.15. The van der Waals surface area contributed by atoms with Crippen molar-refractivity contribution in [3.05, 3.63) is 60.8 Å². The molecule has 0 aliphatic carbocycles. The van der Waals surface area contributed by atoms with E-state index >= 15 is 0 Å². The number of allylic oxidation sites excluding steroid dienone is 1. The third-order valence-corrected chi connectivity index (χ3v) is 2.81. The van der Waals surface area contributed by atoms with Crippen LogP contribution in [0.4, 0.5) is 5.69 Å². The van der Waals surface area contributed by atoms with Crippen molar-refractivity contribution in [3.8, 4) is 5.75 Å². The van der Waals surface area contributed by atoms with Crippen molar-refractivity contribution in [1.29, 1.82) is 0 Å². The van der Waals surface area contributed by atoms with Crippen molar-refractivity contribution >= 4 is 11.5 Å². The van der Waals surface area contributed by atoms with Gasteiger partial charge in [0.1, 0.15) is 5.75 Å². The van der Waals surface area contributed by atoms with Crippen LogP contribution in [0, 0.1) is 0 Å². The summed E-state index contributed by atoms with van der Waals surface area (Å²) in [5.41, 5.74) is 2.61. The van der Waals surface area contributed by atoms with Gasteiger partial charge in [0.2, 0.25) is 0 Å². The maximum Gasteiger partial charge on any atom is 0.161 e. The number of carbonyl (C=O) groups excluding carboxylic acids is 1. The molecule has 0 unspecified atom stereocenters. The second kappa shape index (κ2) is 10.4. The zero-order chi connectivity index (χ0) is 17.1. The number of anilines is 1. The Morgan fingerprint density at radius 2 is 1.82 bits per heavy atom. The molecule has 22 heavy (non-hydrogen) atoms. The molecule has 0 amide bonds. The Balaban J connectivity index is 0.000000789. The first kappa shape index (κ1) is 19.7. The number of aliphatic hydroxyl groups excluding tert-OH is 1. The molecule has 4 nitrogen and oxygen atoms in total. The molecule has 4 heteroatoms. The van der Waals surface area contributed by atoms with E-state index in [0.717, 1.165) is 24.1 Å². The predicted molar refractivity (Wildman–Crippen MR) is 92.3 cm³/mol. The normalized spacial score (nSPS) is 12.3. The smallest absolute Gasteiger partial charge is 0.161 e. The molecule has 0 atom stereocenters. The molecular weight excluding hydrogens is 278 g/mol. The van der Waals surface area contributed by atoms with Gasteiger partial charge in [-0.3, -0.25) is 4.79 Å². The van der Waals surface area contributed by atoms with Crippen molar-refractivity contribution in [3.63, 3.8) is 0 Å². The first-order valence-corrected chi connectivity index (χ1v) is 6.86. The quantitative estimate of drug-likeness (QED) is 0.870. The van der Waals surface area contributed by atoms with Crippen LogP contribution in [-0.4, -0.2) is 31.7 Å². The number of aliphatic hydroxyl groups is 1. The average molecular weight is 303 g/mol. The van der Waals surface area contributed by atoms with Gasteiger partial charge < -0.3 is 14.7 Å². The van der Waals surface area contributed by atoms with Crippen molar-refractivity contribution in [2.24, 2.45) is 0 Å². The Morgan fingerprint density at radius 3 is 2.18 bits per heavy atom. The number of carbonyl (C=O) groups is 1. The summed E-state index contributed by atoms with van der Waals surface area (Å²) in [6.45, 7) is 11.4. The summed E-state index contributed by atoms with van der Waals surface area (Å²) in [4.78, 5) is 13.4. The molecule has 1 aromatic carbocycles. The molecular formula is C18H25NO3. The molecule has 0 saturated carbocycles. The number of Topliss-reactive ketones (excluding diaryl/α,β-unsaturated/α-hetero) is 1. The number of ketones is 1. The highest BCUT2D eigenvalue weighted by Crippen LogP contribution is 2.27. The van der Waals surface area contributed by atoms with E-state index in [2.05, 4.69) is 13.2 Å². The fourth-order valence-corrected chi connectivity index (χ4v) is 1.86. The number of ether oxygens (including phenoxy) is 1. The van der Waals surface area contributed by atoms with Crippen LogP contribution in [0.5, 0.6) is 5.75 Å². The molecule has 0 radical (unpaired) electrons. The molecule has 0 saturated heterocycles. The average Bonchev–Trinajstić information content (AvgIpc) is 2.92. The minimum absolute atomic E-state index is 0.0611. The maximum absolute atomic E-state index is 11.4. The van der Waals surface area contributed by atoms with Crippen LogP contribution in [0.15, 0.2) is 60.8 Å². The Bertz CT molecular complexity index is 530. The molecule has 2 rings (SSSR count). The van der Waals surface area contributed by atoms with Gasteiger partial charge in [0.05, 0.1) is 7.11 Å². The first-order chi connectivity index (χ1) is 10.5. The van der Waals surface area contributed by atoms with Crippen LogP contribution in [-0.2, 0) is 4.79 Å². The minimum Gasteiger partial charge on any atom is -0.497 e. The molecule has 1 aliphatic heterocycles. The highest BCUT2D eigenvalue weighted by molar-refractivity contribution is 5.99. The summed E-state index contributed by atoms with van der Waals surface area (Å²) in [5, 5.41) is 7.00. The predicted octanol–water partition coefficient (Wildman–Crippen LogP) is 3.35. The van der Waals surface area contributed by atoms with E-state index in [0.29, 0.717) is 12.1 Å². The molecule has 120 valence electrons. The number of hydrogen-bond acceptors (Lipinski definition) is 4. The van der Waals surface area contributed by atoms with E-state index in [-0.39, 0.29) is 5.78 Å². The van der Waals surface area contributed by atoms with Crippen LogP contribution >= 0.6 is 0 Å². The topological polar surface area (TPSA) is 49.8 Å². The zero-order valence-corrected chi connectivity index (χ0v) is 13.8. The summed E-state index contributed by atoms with van der Waals surface area (Å²) < 4.78 is 5.11. The molecule has 0 aromatic heterocycles. The third-order valence-electron chi connectivity index (χ3n) is 2.81. The molecule has 1 heterocycles. The van der Waals surface area contributed by atoms with Crippen LogP contribution in [0.3, 0.4) is 0 Å². The van der Waals surface area contributed by atoms with Crippen LogP contribution in [0.1, 0.15) is 13.8 Å². The van der Waals surface area contributed by atoms with E-state index in [1.165, 1.54) is 0 Å². The molecule has 0 bridgehead atoms. The fourth-order valence-electron chi connectivity index (χ4n) is 1.86. The Morgan fingerprint density at radius 1 is 1.32 bits per heavy atom. The molecule has 0 fully saturated rings. The van der Waals surface area contributed by atoms with Crippen molar-refractivity contribution < 1.29 is 14.6 Å². The molecule has 1 aliphatic rings. The van der Waals surface area contributed by atoms with Gasteiger partial charge in [-0.2, -0.15) is 0 Å². The second-order valence-corrected chi connectivity index (χ2v) is 4.44. The summed E-state index contributed by atoms with van der Waals surface area (Å²) in [6.07, 6.45) is 3.60. The van der Waals surface area contributed by atoms with Crippen molar-refractivity contribution in [1.82, 2.24) is 0 Å². The summed E-state index contributed by atoms with van der Waals surface area (Å²) in [7, 11) is 2.64. The first-order valence-electron chi connectivity index (χ1n) is 6.86. The van der Waals surface area contributed by atoms with E-state index in [9.17, 15) is 4.79 Å². The summed E-state index contributed by atoms with van der Waals surface area (Å²) >= 11 is 0. The largest absolute Gasteiger partial charge is 0.497 e. The minimum atomic E-state index is 0.0611. The van der Waals surface area contributed by atoms with Crippen molar-refractivity contribution in [2.45, 2.75) is 13.8 Å². The SMILES string of the molecule is C=C1CN(c2ccc(OC)cc2)C=C1C(C)=O.C=CC.CO. The van der Waals surface area contributed by atoms with Crippen molar-refractivity contribution in [2.75, 3.05) is 25.7 Å². The van der Waals surface area contributed by atoms with Gasteiger partial charge in [-0.05, 0) is 43.7 Å². The number of methoxy groups -OCH3 is 1. The second-order valence-electron chi connectivity index (χ2n) is 4.44. The Hall–Kier alpha value is -2.33. The fraction of sp³-hybridized carbons (Fsp3) is 0.278. The van der Waals surface area contributed by atoms with Gasteiger partial charge >= 0.3 is 0 Å². The monoisotopic (exact) mass is 303 g/mol. The Labute approximate surface area is 133 Å². The molecule has 0 spiro atoms. The van der Waals surface area contributed by atoms with E-state index in [1.807, 2.05) is 42.3 Å². The van der Waals surface area contributed by atoms with Gasteiger partial charge in [-0.1, -0.05) is 12.7 Å². The summed E-state index contributed by atoms with van der Waals surface area (Å²) in [5.74, 6) is 0.883. The number of nitrogens with zero attached hydrogens (tertiary/aromatic N) is 1. The summed E-state index contributed by atoms with van der Waals surface area (Å²) in [6, 6.07) is 7.73. The Kier molecular flexibility index (Phi) is 9.30. The third kappa shape index (κ3) is 5.58. The van der Waals surface area contributed by atoms with E-state index in [1.54, 1.807) is 20.1 Å². The van der Waals surface area contributed by atoms with Gasteiger partial charge in [0, 0.05) is 31.1 Å². The number of hydrogen-bond donors (Lipinski definition) is 1. The van der Waals surface area contributed by atoms with Crippen LogP contribution in [0.25, 0.3) is 0 Å². The van der Waals surface area contributed by atoms with Gasteiger partial charge in [-0.15, -0.1) is 6.58 Å². The van der Waals surface area contributed by atoms with Gasteiger partial charge in [-0.25, -0.2) is 0 Å². The van der Waals surface area contributed by atoms with Gasteiger partial charge in [0.15, 0.2) is 5.78 Å². The highest BCUT2D eigenvalue weighted by atomic mass is 16.5.